The van der Waals surface area contributed by atoms with E-state index >= 15 is 0 Å². The Morgan fingerprint density at radius 3 is 2.70 bits per heavy atom. The van der Waals surface area contributed by atoms with Crippen molar-refractivity contribution in [3.05, 3.63) is 57.8 Å². The van der Waals surface area contributed by atoms with Crippen molar-refractivity contribution in [2.45, 2.75) is 13.3 Å². The van der Waals surface area contributed by atoms with Gasteiger partial charge in [-0.25, -0.2) is 0 Å². The molecule has 5 nitrogen and oxygen atoms in total. The van der Waals surface area contributed by atoms with Gasteiger partial charge in [-0.2, -0.15) is 0 Å². The zero-order chi connectivity index (χ0) is 19.1. The molecule has 3 aromatic rings. The number of hydrogen-bond donors (Lipinski definition) is 3. The number of benzene rings is 2. The average molecular weight is 492 g/mol. The molecule has 1 aliphatic heterocycles. The van der Waals surface area contributed by atoms with Crippen LogP contribution in [-0.4, -0.2) is 19.9 Å². The number of aryl methyl sites for hydroxylation is 2. The van der Waals surface area contributed by atoms with Gasteiger partial charge in [0.25, 0.3) is 0 Å². The number of anilines is 1. The van der Waals surface area contributed by atoms with Crippen molar-refractivity contribution in [1.29, 1.82) is 0 Å². The molecule has 27 heavy (non-hydrogen) atoms. The summed E-state index contributed by atoms with van der Waals surface area (Å²) in [7, 11) is 2.02. The average Bonchev–Trinajstić information content (AvgIpc) is 3.02. The van der Waals surface area contributed by atoms with E-state index in [2.05, 4.69) is 30.4 Å². The Morgan fingerprint density at radius 1 is 1.11 bits per heavy atom. The molecule has 7 heteroatoms. The summed E-state index contributed by atoms with van der Waals surface area (Å²) in [5, 5.41) is 22.3. The van der Waals surface area contributed by atoms with Gasteiger partial charge in [0, 0.05) is 0 Å². The second-order valence-electron chi connectivity index (χ2n) is 6.36. The summed E-state index contributed by atoms with van der Waals surface area (Å²) in [5.41, 5.74) is 4.42. The van der Waals surface area contributed by atoms with E-state index in [1.807, 2.05) is 37.2 Å². The molecular weight excluding hydrogens is 473 g/mol. The molecule has 0 spiro atoms. The van der Waals surface area contributed by atoms with Gasteiger partial charge in [0.15, 0.2) is 0 Å². The van der Waals surface area contributed by atoms with Crippen molar-refractivity contribution in [2.24, 2.45) is 7.05 Å². The van der Waals surface area contributed by atoms with Gasteiger partial charge in [-0.3, -0.25) is 0 Å². The first kappa shape index (κ1) is 18.1. The van der Waals surface area contributed by atoms with Crippen LogP contribution in [0.5, 0.6) is 11.5 Å². The number of nitrogens with one attached hydrogen (secondary N) is 1. The van der Waals surface area contributed by atoms with Gasteiger partial charge in [-0.1, -0.05) is 0 Å². The fraction of sp³-hybridized carbons (Fsp3) is 0.150. The molecule has 1 aromatic heterocycles. The summed E-state index contributed by atoms with van der Waals surface area (Å²) < 4.78 is 7.48. The third-order valence-electron chi connectivity index (χ3n) is 4.72. The molecule has 0 unspecified atom stereocenters. The molecule has 0 amide bonds. The summed E-state index contributed by atoms with van der Waals surface area (Å²) >= 11 is 5.16. The van der Waals surface area contributed by atoms with Crippen LogP contribution in [0, 0.1) is 0 Å². The van der Waals surface area contributed by atoms with Crippen LogP contribution in [0.2, 0.25) is 0 Å². The van der Waals surface area contributed by atoms with Crippen LogP contribution in [0.25, 0.3) is 16.6 Å². The standard InChI is InChI=1S/C20H19IN3O2S/c1-3-12-9-15(19(26)10-18(12)25)17-11-21-22-20(27)24(17)14-4-5-16-13(8-14)6-7-23(16)2/h4-11,25-26H,3H2,1-2H3,(H,22,27)/q-1. The molecule has 2 aromatic carbocycles. The monoisotopic (exact) mass is 492 g/mol. The van der Waals surface area contributed by atoms with Gasteiger partial charge < -0.3 is 0 Å². The van der Waals surface area contributed by atoms with E-state index in [0.29, 0.717) is 17.1 Å². The summed E-state index contributed by atoms with van der Waals surface area (Å²) in [4.78, 5) is 1.95. The predicted molar refractivity (Wildman–Crippen MR) is 108 cm³/mol. The van der Waals surface area contributed by atoms with E-state index < -0.39 is 21.5 Å². The number of aromatic hydroxyl groups is 2. The molecule has 1 aliphatic rings. The maximum atomic E-state index is 10.5. The molecule has 0 radical (unpaired) electrons. The van der Waals surface area contributed by atoms with Crippen LogP contribution >= 0.6 is 12.2 Å². The van der Waals surface area contributed by atoms with Crippen molar-refractivity contribution in [2.75, 3.05) is 4.90 Å². The minimum absolute atomic E-state index is 0.0513. The number of phenolic OH excluding ortho intramolecular Hbond substituents is 2. The number of rotatable bonds is 3. The Hall–Kier alpha value is -2.26. The third-order valence-corrected chi connectivity index (χ3v) is 7.09. The quantitative estimate of drug-likeness (QED) is 0.288. The molecule has 3 N–H and O–H groups in total. The second-order valence-corrected chi connectivity index (χ2v) is 8.53. The third kappa shape index (κ3) is 3.14. The van der Waals surface area contributed by atoms with Gasteiger partial charge in [0.1, 0.15) is 0 Å². The number of thiocarbonyl (C=S) groups is 1. The van der Waals surface area contributed by atoms with Crippen LogP contribution in [0.1, 0.15) is 18.1 Å². The summed E-state index contributed by atoms with van der Waals surface area (Å²) in [6, 6.07) is 11.5. The van der Waals surface area contributed by atoms with Crippen molar-refractivity contribution < 1.29 is 31.7 Å². The van der Waals surface area contributed by atoms with E-state index in [0.717, 1.165) is 27.9 Å². The normalized spacial score (nSPS) is 14.7. The molecule has 4 rings (SSSR count). The molecule has 0 fully saturated rings. The van der Waals surface area contributed by atoms with E-state index in [9.17, 15) is 10.2 Å². The zero-order valence-corrected chi connectivity index (χ0v) is 17.9. The van der Waals surface area contributed by atoms with Gasteiger partial charge in [0.2, 0.25) is 0 Å². The molecule has 0 aliphatic carbocycles. The van der Waals surface area contributed by atoms with Gasteiger partial charge in [-0.15, -0.1) is 0 Å². The number of hydrogen-bond acceptors (Lipinski definition) is 3. The number of aromatic nitrogens is 1. The zero-order valence-electron chi connectivity index (χ0n) is 14.9. The molecule has 0 saturated heterocycles. The van der Waals surface area contributed by atoms with Gasteiger partial charge in [-0.05, 0) is 0 Å². The van der Waals surface area contributed by atoms with Crippen molar-refractivity contribution >= 4 is 39.6 Å². The number of phenols is 2. The first-order valence-electron chi connectivity index (χ1n) is 8.52. The summed E-state index contributed by atoms with van der Waals surface area (Å²) in [6.07, 6.45) is 2.71. The number of nitrogens with zero attached hydrogens (tertiary/aromatic N) is 2. The Labute approximate surface area is 173 Å². The first-order chi connectivity index (χ1) is 13.0. The fourth-order valence-corrected chi connectivity index (χ4v) is 5.36. The van der Waals surface area contributed by atoms with E-state index in [4.69, 9.17) is 12.2 Å². The van der Waals surface area contributed by atoms with Crippen molar-refractivity contribution in [3.63, 3.8) is 0 Å². The molecule has 2 heterocycles. The molecule has 140 valence electrons. The minimum atomic E-state index is -0.450. The number of fused-ring (bicyclic) bond motifs is 1. The fourth-order valence-electron chi connectivity index (χ4n) is 3.28. The topological polar surface area (TPSA) is 60.7 Å². The maximum absolute atomic E-state index is 10.5. The van der Waals surface area contributed by atoms with E-state index in [1.165, 1.54) is 6.07 Å². The van der Waals surface area contributed by atoms with Crippen LogP contribution < -0.4 is 29.9 Å². The van der Waals surface area contributed by atoms with Crippen LogP contribution in [0.4, 0.5) is 5.69 Å². The van der Waals surface area contributed by atoms with Crippen LogP contribution in [-0.2, 0) is 13.5 Å². The SMILES string of the molecule is CCc1cc(C2=C[I-]NC(=S)N2c2ccc3c(ccn3C)c2)c(O)cc1O. The number of halogens is 1. The summed E-state index contributed by atoms with van der Waals surface area (Å²) in [5.74, 6) is 0.165. The molecule has 0 atom stereocenters. The Balaban J connectivity index is 1.86. The van der Waals surface area contributed by atoms with Crippen LogP contribution in [0.15, 0.2) is 46.7 Å². The van der Waals surface area contributed by atoms with Crippen molar-refractivity contribution in [1.82, 2.24) is 8.10 Å². The van der Waals surface area contributed by atoms with Gasteiger partial charge >= 0.3 is 174 Å². The first-order valence-corrected chi connectivity index (χ1v) is 11.3. The Bertz CT molecular complexity index is 1090. The van der Waals surface area contributed by atoms with Crippen molar-refractivity contribution in [3.8, 4) is 11.5 Å². The van der Waals surface area contributed by atoms with Crippen LogP contribution in [0.3, 0.4) is 0 Å². The molecule has 0 saturated carbocycles. The Morgan fingerprint density at radius 2 is 1.93 bits per heavy atom. The predicted octanol–water partition coefficient (Wildman–Crippen LogP) is 0.849. The van der Waals surface area contributed by atoms with E-state index in [-0.39, 0.29) is 11.5 Å². The van der Waals surface area contributed by atoms with Gasteiger partial charge in [0.05, 0.1) is 0 Å². The molecule has 0 bridgehead atoms. The second kappa shape index (κ2) is 7.05. The summed E-state index contributed by atoms with van der Waals surface area (Å²) in [6.45, 7) is 1.98. The van der Waals surface area contributed by atoms with E-state index in [1.54, 1.807) is 0 Å². The Kier molecular flexibility index (Phi) is 4.73. The molecular formula is C20H19IN3O2S-.